The number of nitrogens with one attached hydrogen (secondary N) is 1. The summed E-state index contributed by atoms with van der Waals surface area (Å²) in [5.74, 6) is -0.464. The van der Waals surface area contributed by atoms with Gasteiger partial charge in [0, 0.05) is 22.1 Å². The van der Waals surface area contributed by atoms with Crippen molar-refractivity contribution in [1.29, 1.82) is 0 Å². The lowest BCUT2D eigenvalue weighted by molar-refractivity contribution is -0.110. The van der Waals surface area contributed by atoms with E-state index in [1.54, 1.807) is 6.07 Å². The predicted octanol–water partition coefficient (Wildman–Crippen LogP) is 2.82. The van der Waals surface area contributed by atoms with Crippen LogP contribution in [0.1, 0.15) is 15.9 Å². The molecule has 138 valence electrons. The van der Waals surface area contributed by atoms with Crippen LogP contribution in [0.15, 0.2) is 52.6 Å². The molecule has 2 heterocycles. The molecule has 2 aromatic rings. The number of carbonyl (C=O) groups is 2. The first-order valence-electron chi connectivity index (χ1n) is 8.57. The van der Waals surface area contributed by atoms with E-state index in [0.717, 1.165) is 10.2 Å². The quantitative estimate of drug-likeness (QED) is 0.565. The van der Waals surface area contributed by atoms with E-state index in [1.807, 2.05) is 41.3 Å². The second-order valence-electron chi connectivity index (χ2n) is 6.20. The summed E-state index contributed by atoms with van der Waals surface area (Å²) in [5.41, 5.74) is 3.46. The summed E-state index contributed by atoms with van der Waals surface area (Å²) in [7, 11) is 0. The SMILES string of the molecule is O=C1Nc2cc(Br)ccc2/C1=C1\C(=O)c2ccccc2N1CCOCCO. The molecule has 6 nitrogen and oxygen atoms in total. The number of allylic oxidation sites excluding steroid dienone is 1. The number of halogens is 1. The highest BCUT2D eigenvalue weighted by Crippen LogP contribution is 2.42. The summed E-state index contributed by atoms with van der Waals surface area (Å²) in [6, 6.07) is 12.8. The molecular formula is C20H17BrN2O4. The molecule has 2 aliphatic heterocycles. The number of rotatable bonds is 5. The van der Waals surface area contributed by atoms with Crippen LogP contribution in [-0.4, -0.2) is 43.2 Å². The average molecular weight is 429 g/mol. The lowest BCUT2D eigenvalue weighted by Gasteiger charge is -2.21. The Morgan fingerprint density at radius 1 is 1.07 bits per heavy atom. The molecule has 2 aliphatic rings. The van der Waals surface area contributed by atoms with Crippen molar-refractivity contribution < 1.29 is 19.4 Å². The molecule has 7 heteroatoms. The number of aliphatic hydroxyl groups excluding tert-OH is 1. The van der Waals surface area contributed by atoms with Crippen LogP contribution in [0.2, 0.25) is 0 Å². The molecule has 0 fully saturated rings. The van der Waals surface area contributed by atoms with Crippen molar-refractivity contribution in [2.24, 2.45) is 0 Å². The standard InChI is InChI=1S/C20H17BrN2O4/c21-12-5-6-13-15(11-12)22-20(26)17(13)18-19(25)14-3-1-2-4-16(14)23(18)7-9-27-10-8-24/h1-6,11,24H,7-10H2,(H,22,26)/b18-17-. The Labute approximate surface area is 164 Å². The van der Waals surface area contributed by atoms with Gasteiger partial charge in [0.05, 0.1) is 36.8 Å². The molecule has 0 aromatic heterocycles. The summed E-state index contributed by atoms with van der Waals surface area (Å²) in [5, 5.41) is 11.7. The molecule has 1 amide bonds. The van der Waals surface area contributed by atoms with Crippen molar-refractivity contribution >= 4 is 44.6 Å². The maximum atomic E-state index is 13.1. The maximum absolute atomic E-state index is 13.1. The van der Waals surface area contributed by atoms with Crippen molar-refractivity contribution in [3.05, 3.63) is 63.8 Å². The molecule has 0 atom stereocenters. The summed E-state index contributed by atoms with van der Waals surface area (Å²) in [6.45, 7) is 0.898. The van der Waals surface area contributed by atoms with E-state index in [9.17, 15) is 9.59 Å². The molecule has 0 radical (unpaired) electrons. The number of hydrogen-bond acceptors (Lipinski definition) is 5. The molecule has 0 spiro atoms. The van der Waals surface area contributed by atoms with Gasteiger partial charge in [0.15, 0.2) is 0 Å². The zero-order valence-electron chi connectivity index (χ0n) is 14.4. The Balaban J connectivity index is 1.82. The van der Waals surface area contributed by atoms with Crippen molar-refractivity contribution in [2.75, 3.05) is 36.6 Å². The van der Waals surface area contributed by atoms with E-state index >= 15 is 0 Å². The predicted molar refractivity (Wildman–Crippen MR) is 106 cm³/mol. The molecular weight excluding hydrogens is 412 g/mol. The van der Waals surface area contributed by atoms with Gasteiger partial charge >= 0.3 is 0 Å². The van der Waals surface area contributed by atoms with Crippen LogP contribution in [0.5, 0.6) is 0 Å². The highest BCUT2D eigenvalue weighted by molar-refractivity contribution is 9.10. The third-order valence-corrected chi connectivity index (χ3v) is 5.08. The smallest absolute Gasteiger partial charge is 0.258 e. The van der Waals surface area contributed by atoms with Gasteiger partial charge in [0.25, 0.3) is 5.91 Å². The van der Waals surface area contributed by atoms with Gasteiger partial charge in [0.2, 0.25) is 5.78 Å². The van der Waals surface area contributed by atoms with Crippen molar-refractivity contribution in [3.8, 4) is 0 Å². The lowest BCUT2D eigenvalue weighted by Crippen LogP contribution is -2.28. The zero-order valence-corrected chi connectivity index (χ0v) is 16.0. The number of para-hydroxylation sites is 1. The van der Waals surface area contributed by atoms with Gasteiger partial charge in [-0.25, -0.2) is 0 Å². The number of carbonyl (C=O) groups excluding carboxylic acids is 2. The number of anilines is 2. The number of nitrogens with zero attached hydrogens (tertiary/aromatic N) is 1. The average Bonchev–Trinajstić information content (AvgIpc) is 3.12. The monoisotopic (exact) mass is 428 g/mol. The van der Waals surface area contributed by atoms with Crippen LogP contribution < -0.4 is 10.2 Å². The van der Waals surface area contributed by atoms with Crippen LogP contribution in [0.3, 0.4) is 0 Å². The van der Waals surface area contributed by atoms with Gasteiger partial charge in [-0.3, -0.25) is 9.59 Å². The Hall–Kier alpha value is -2.48. The van der Waals surface area contributed by atoms with Crippen LogP contribution in [0.25, 0.3) is 5.57 Å². The molecule has 0 aliphatic carbocycles. The summed E-state index contributed by atoms with van der Waals surface area (Å²) in [4.78, 5) is 27.7. The third kappa shape index (κ3) is 3.07. The lowest BCUT2D eigenvalue weighted by atomic mass is 10.0. The van der Waals surface area contributed by atoms with Crippen molar-refractivity contribution in [3.63, 3.8) is 0 Å². The molecule has 2 aromatic carbocycles. The molecule has 4 rings (SSSR count). The molecule has 0 bridgehead atoms. The fourth-order valence-corrected chi connectivity index (χ4v) is 3.82. The van der Waals surface area contributed by atoms with E-state index < -0.39 is 0 Å². The minimum absolute atomic E-state index is 0.0614. The van der Waals surface area contributed by atoms with Gasteiger partial charge in [-0.1, -0.05) is 34.1 Å². The van der Waals surface area contributed by atoms with E-state index in [4.69, 9.17) is 9.84 Å². The maximum Gasteiger partial charge on any atom is 0.258 e. The Morgan fingerprint density at radius 2 is 1.89 bits per heavy atom. The Bertz CT molecular complexity index is 970. The number of amides is 1. The summed E-state index contributed by atoms with van der Waals surface area (Å²) >= 11 is 3.40. The molecule has 0 saturated carbocycles. The van der Waals surface area contributed by atoms with E-state index in [-0.39, 0.29) is 24.9 Å². The number of Topliss-reactive ketones (excluding diaryl/α,β-unsaturated/α-hetero) is 1. The van der Waals surface area contributed by atoms with Crippen molar-refractivity contribution in [2.45, 2.75) is 0 Å². The first-order valence-corrected chi connectivity index (χ1v) is 9.36. The van der Waals surface area contributed by atoms with Gasteiger partial charge in [0.1, 0.15) is 5.70 Å². The number of ketones is 1. The van der Waals surface area contributed by atoms with Crippen LogP contribution in [0, 0.1) is 0 Å². The first-order chi connectivity index (χ1) is 13.1. The molecule has 0 unspecified atom stereocenters. The first kappa shape index (κ1) is 17.9. The summed E-state index contributed by atoms with van der Waals surface area (Å²) < 4.78 is 6.24. The zero-order chi connectivity index (χ0) is 19.0. The third-order valence-electron chi connectivity index (χ3n) is 4.58. The summed E-state index contributed by atoms with van der Waals surface area (Å²) in [6.07, 6.45) is 0. The van der Waals surface area contributed by atoms with Crippen LogP contribution in [-0.2, 0) is 9.53 Å². The molecule has 27 heavy (non-hydrogen) atoms. The highest BCUT2D eigenvalue weighted by Gasteiger charge is 2.39. The van der Waals surface area contributed by atoms with Crippen LogP contribution >= 0.6 is 15.9 Å². The number of hydrogen-bond donors (Lipinski definition) is 2. The number of fused-ring (bicyclic) bond motifs is 2. The number of ether oxygens (including phenoxy) is 1. The van der Waals surface area contributed by atoms with Gasteiger partial charge in [-0.2, -0.15) is 0 Å². The Kier molecular flexibility index (Phi) is 4.82. The van der Waals surface area contributed by atoms with Gasteiger partial charge < -0.3 is 20.1 Å². The second kappa shape index (κ2) is 7.26. The molecule has 0 saturated heterocycles. The number of aliphatic hydroxyl groups is 1. The largest absolute Gasteiger partial charge is 0.394 e. The van der Waals surface area contributed by atoms with Crippen molar-refractivity contribution in [1.82, 2.24) is 0 Å². The second-order valence-corrected chi connectivity index (χ2v) is 7.12. The fourth-order valence-electron chi connectivity index (χ4n) is 3.45. The normalized spacial score (nSPS) is 17.9. The minimum atomic E-state index is -0.291. The van der Waals surface area contributed by atoms with E-state index in [1.165, 1.54) is 0 Å². The van der Waals surface area contributed by atoms with E-state index in [2.05, 4.69) is 21.2 Å². The van der Waals surface area contributed by atoms with Gasteiger partial charge in [-0.15, -0.1) is 0 Å². The van der Waals surface area contributed by atoms with Gasteiger partial charge in [-0.05, 0) is 24.3 Å². The number of benzene rings is 2. The van der Waals surface area contributed by atoms with E-state index in [0.29, 0.717) is 41.2 Å². The fraction of sp³-hybridized carbons (Fsp3) is 0.200. The Morgan fingerprint density at radius 3 is 2.70 bits per heavy atom. The minimum Gasteiger partial charge on any atom is -0.394 e. The topological polar surface area (TPSA) is 78.9 Å². The highest BCUT2D eigenvalue weighted by atomic mass is 79.9. The molecule has 2 N–H and O–H groups in total. The van der Waals surface area contributed by atoms with Crippen LogP contribution in [0.4, 0.5) is 11.4 Å².